The maximum absolute atomic E-state index is 14.8. The van der Waals surface area contributed by atoms with Crippen LogP contribution in [0.2, 0.25) is 5.02 Å². The molecule has 8 heteroatoms. The van der Waals surface area contributed by atoms with Crippen LogP contribution in [-0.4, -0.2) is 23.3 Å². The Hall–Kier alpha value is -3.45. The SMILES string of the molecule is Nc1ncc(C2CCNC(=O)C2)cc1-c1ccc(C(=O)NCc2cccc(Cl)c2)c(F)c1. The highest BCUT2D eigenvalue weighted by atomic mass is 35.5. The highest BCUT2D eigenvalue weighted by molar-refractivity contribution is 6.30. The van der Waals surface area contributed by atoms with Crippen LogP contribution in [0.5, 0.6) is 0 Å². The fraction of sp³-hybridized carbons (Fsp3) is 0.208. The van der Waals surface area contributed by atoms with Crippen molar-refractivity contribution in [1.29, 1.82) is 0 Å². The molecule has 2 aromatic carbocycles. The van der Waals surface area contributed by atoms with Crippen molar-refractivity contribution in [2.75, 3.05) is 12.3 Å². The van der Waals surface area contributed by atoms with Crippen LogP contribution in [-0.2, 0) is 11.3 Å². The number of carbonyl (C=O) groups is 2. The summed E-state index contributed by atoms with van der Waals surface area (Å²) in [6, 6.07) is 13.3. The molecule has 4 N–H and O–H groups in total. The molecule has 1 fully saturated rings. The lowest BCUT2D eigenvalue weighted by Gasteiger charge is -2.22. The highest BCUT2D eigenvalue weighted by Crippen LogP contribution is 2.32. The quantitative estimate of drug-likeness (QED) is 0.544. The molecule has 3 aromatic rings. The summed E-state index contributed by atoms with van der Waals surface area (Å²) in [5, 5.41) is 6.07. The van der Waals surface area contributed by atoms with E-state index in [1.807, 2.05) is 12.1 Å². The van der Waals surface area contributed by atoms with E-state index < -0.39 is 11.7 Å². The van der Waals surface area contributed by atoms with Crippen molar-refractivity contribution in [2.24, 2.45) is 0 Å². The Kier molecular flexibility index (Phi) is 6.37. The van der Waals surface area contributed by atoms with E-state index in [4.69, 9.17) is 17.3 Å². The van der Waals surface area contributed by atoms with Gasteiger partial charge in [-0.3, -0.25) is 9.59 Å². The summed E-state index contributed by atoms with van der Waals surface area (Å²) >= 11 is 5.95. The van der Waals surface area contributed by atoms with Crippen molar-refractivity contribution in [3.05, 3.63) is 82.3 Å². The minimum absolute atomic E-state index is 0.00110. The number of halogens is 2. The zero-order valence-electron chi connectivity index (χ0n) is 17.2. The highest BCUT2D eigenvalue weighted by Gasteiger charge is 2.22. The molecule has 1 aromatic heterocycles. The molecule has 0 radical (unpaired) electrons. The summed E-state index contributed by atoms with van der Waals surface area (Å²) < 4.78 is 14.8. The molecule has 1 aliphatic rings. The van der Waals surface area contributed by atoms with E-state index >= 15 is 0 Å². The standard InChI is InChI=1S/C24H22ClFN4O2/c25-18-3-1-2-14(8-18)12-30-24(32)19-5-4-16(10-21(19)26)20-9-17(13-29-23(20)27)15-6-7-28-22(31)11-15/h1-5,8-10,13,15H,6-7,11-12H2,(H2,27,29)(H,28,31)(H,30,32). The molecule has 6 nitrogen and oxygen atoms in total. The third-order valence-electron chi connectivity index (χ3n) is 5.52. The number of piperidine rings is 1. The molecule has 1 atom stereocenters. The third kappa shape index (κ3) is 4.89. The number of pyridine rings is 1. The van der Waals surface area contributed by atoms with Gasteiger partial charge in [-0.25, -0.2) is 9.37 Å². The number of nitrogens with zero attached hydrogens (tertiary/aromatic N) is 1. The maximum Gasteiger partial charge on any atom is 0.254 e. The molecule has 0 bridgehead atoms. The van der Waals surface area contributed by atoms with Gasteiger partial charge in [-0.05, 0) is 59.4 Å². The number of nitrogen functional groups attached to an aromatic ring is 1. The van der Waals surface area contributed by atoms with E-state index in [0.29, 0.717) is 29.1 Å². The number of rotatable bonds is 5. The van der Waals surface area contributed by atoms with E-state index in [1.54, 1.807) is 30.5 Å². The molecule has 0 aliphatic carbocycles. The first kappa shape index (κ1) is 21.8. The minimum atomic E-state index is -0.659. The molecule has 1 unspecified atom stereocenters. The third-order valence-corrected chi connectivity index (χ3v) is 5.76. The normalized spacial score (nSPS) is 15.8. The van der Waals surface area contributed by atoms with Gasteiger partial charge in [0, 0.05) is 36.3 Å². The van der Waals surface area contributed by atoms with Gasteiger partial charge in [-0.2, -0.15) is 0 Å². The van der Waals surface area contributed by atoms with Gasteiger partial charge in [-0.15, -0.1) is 0 Å². The van der Waals surface area contributed by atoms with Crippen LogP contribution in [0.25, 0.3) is 11.1 Å². The molecular weight excluding hydrogens is 431 g/mol. The van der Waals surface area contributed by atoms with E-state index in [-0.39, 0.29) is 29.8 Å². The Balaban J connectivity index is 1.53. The van der Waals surface area contributed by atoms with Crippen molar-refractivity contribution in [3.8, 4) is 11.1 Å². The van der Waals surface area contributed by atoms with Crippen LogP contribution < -0.4 is 16.4 Å². The number of hydrogen-bond acceptors (Lipinski definition) is 4. The number of aromatic nitrogens is 1. The smallest absolute Gasteiger partial charge is 0.254 e. The number of carbonyl (C=O) groups excluding carboxylic acids is 2. The zero-order valence-corrected chi connectivity index (χ0v) is 18.0. The number of benzene rings is 2. The average Bonchev–Trinajstić information content (AvgIpc) is 2.78. The second-order valence-corrected chi connectivity index (χ2v) is 8.18. The van der Waals surface area contributed by atoms with Gasteiger partial charge in [0.2, 0.25) is 5.91 Å². The average molecular weight is 453 g/mol. The Morgan fingerprint density at radius 3 is 2.84 bits per heavy atom. The van der Waals surface area contributed by atoms with Crippen LogP contribution in [0.3, 0.4) is 0 Å². The zero-order chi connectivity index (χ0) is 22.7. The molecule has 2 heterocycles. The van der Waals surface area contributed by atoms with E-state index in [9.17, 15) is 14.0 Å². The number of anilines is 1. The fourth-order valence-corrected chi connectivity index (χ4v) is 4.02. The van der Waals surface area contributed by atoms with Crippen molar-refractivity contribution in [1.82, 2.24) is 15.6 Å². The first-order valence-electron chi connectivity index (χ1n) is 10.3. The van der Waals surface area contributed by atoms with Gasteiger partial charge >= 0.3 is 0 Å². The topological polar surface area (TPSA) is 97.1 Å². The molecule has 4 rings (SSSR count). The monoisotopic (exact) mass is 452 g/mol. The fourth-order valence-electron chi connectivity index (χ4n) is 3.81. The summed E-state index contributed by atoms with van der Waals surface area (Å²) in [5.41, 5.74) is 8.76. The molecule has 1 aliphatic heterocycles. The van der Waals surface area contributed by atoms with Gasteiger partial charge in [-0.1, -0.05) is 29.8 Å². The summed E-state index contributed by atoms with van der Waals surface area (Å²) in [6.45, 7) is 0.839. The lowest BCUT2D eigenvalue weighted by atomic mass is 9.89. The first-order valence-corrected chi connectivity index (χ1v) is 10.6. The second kappa shape index (κ2) is 9.36. The summed E-state index contributed by atoms with van der Waals surface area (Å²) in [5.74, 6) is -0.891. The number of nitrogens with two attached hydrogens (primary N) is 1. The first-order chi connectivity index (χ1) is 15.4. The van der Waals surface area contributed by atoms with Crippen LogP contribution in [0, 0.1) is 5.82 Å². The van der Waals surface area contributed by atoms with E-state index in [0.717, 1.165) is 17.5 Å². The molecule has 0 saturated carbocycles. The van der Waals surface area contributed by atoms with Crippen molar-refractivity contribution >= 4 is 29.2 Å². The van der Waals surface area contributed by atoms with Crippen LogP contribution in [0.15, 0.2) is 54.7 Å². The lowest BCUT2D eigenvalue weighted by molar-refractivity contribution is -0.122. The molecular formula is C24H22ClFN4O2. The van der Waals surface area contributed by atoms with E-state index in [2.05, 4.69) is 15.6 Å². The Bertz CT molecular complexity index is 1180. The van der Waals surface area contributed by atoms with Crippen LogP contribution in [0.1, 0.15) is 40.2 Å². The molecule has 1 saturated heterocycles. The molecule has 32 heavy (non-hydrogen) atoms. The summed E-state index contributed by atoms with van der Waals surface area (Å²) in [4.78, 5) is 28.4. The van der Waals surface area contributed by atoms with Crippen molar-refractivity contribution in [3.63, 3.8) is 0 Å². The van der Waals surface area contributed by atoms with Gasteiger partial charge in [0.25, 0.3) is 5.91 Å². The van der Waals surface area contributed by atoms with Crippen molar-refractivity contribution in [2.45, 2.75) is 25.3 Å². The van der Waals surface area contributed by atoms with Crippen LogP contribution >= 0.6 is 11.6 Å². The number of nitrogens with one attached hydrogen (secondary N) is 2. The number of hydrogen-bond donors (Lipinski definition) is 3. The lowest BCUT2D eigenvalue weighted by Crippen LogP contribution is -2.32. The van der Waals surface area contributed by atoms with Gasteiger partial charge in [0.15, 0.2) is 0 Å². The van der Waals surface area contributed by atoms with Gasteiger partial charge < -0.3 is 16.4 Å². The largest absolute Gasteiger partial charge is 0.383 e. The predicted octanol–water partition coefficient (Wildman–Crippen LogP) is 4.05. The second-order valence-electron chi connectivity index (χ2n) is 7.75. The number of amides is 2. The predicted molar refractivity (Wildman–Crippen MR) is 122 cm³/mol. The minimum Gasteiger partial charge on any atom is -0.383 e. The molecule has 2 amide bonds. The van der Waals surface area contributed by atoms with E-state index in [1.165, 1.54) is 12.1 Å². The Morgan fingerprint density at radius 1 is 1.25 bits per heavy atom. The molecule has 0 spiro atoms. The Labute approximate surface area is 190 Å². The summed E-state index contributed by atoms with van der Waals surface area (Å²) in [6.07, 6.45) is 2.85. The summed E-state index contributed by atoms with van der Waals surface area (Å²) in [7, 11) is 0. The van der Waals surface area contributed by atoms with Gasteiger partial charge in [0.05, 0.1) is 5.56 Å². The molecule has 164 valence electrons. The van der Waals surface area contributed by atoms with Crippen molar-refractivity contribution < 1.29 is 14.0 Å². The Morgan fingerprint density at radius 2 is 2.09 bits per heavy atom. The maximum atomic E-state index is 14.8. The van der Waals surface area contributed by atoms with Crippen LogP contribution in [0.4, 0.5) is 10.2 Å². The van der Waals surface area contributed by atoms with Gasteiger partial charge in [0.1, 0.15) is 11.6 Å².